The second-order valence-corrected chi connectivity index (χ2v) is 9.49. The Hall–Kier alpha value is -3.10. The van der Waals surface area contributed by atoms with Crippen LogP contribution in [-0.4, -0.2) is 17.7 Å². The maximum atomic E-state index is 12.3. The zero-order valence-corrected chi connectivity index (χ0v) is 22.9. The van der Waals surface area contributed by atoms with Gasteiger partial charge in [-0.25, -0.2) is 4.98 Å². The van der Waals surface area contributed by atoms with E-state index in [0.717, 1.165) is 31.7 Å². The fourth-order valence-corrected chi connectivity index (χ4v) is 5.69. The fraction of sp³-hybridized carbons (Fsp3) is 0.143. The molecule has 1 aliphatic rings. The van der Waals surface area contributed by atoms with Crippen molar-refractivity contribution in [2.24, 2.45) is 0 Å². The van der Waals surface area contributed by atoms with Crippen molar-refractivity contribution >= 4 is 38.3 Å². The number of thiophene rings is 1. The molecule has 0 aliphatic carbocycles. The molecule has 0 amide bonds. The van der Waals surface area contributed by atoms with E-state index < -0.39 is 5.97 Å². The van der Waals surface area contributed by atoms with Gasteiger partial charge in [0.15, 0.2) is 11.5 Å². The Morgan fingerprint density at radius 1 is 1.08 bits per heavy atom. The van der Waals surface area contributed by atoms with Gasteiger partial charge in [-0.05, 0) is 54.6 Å². The van der Waals surface area contributed by atoms with Crippen molar-refractivity contribution in [3.63, 3.8) is 0 Å². The fourth-order valence-electron chi connectivity index (χ4n) is 4.52. The molecule has 6 nitrogen and oxygen atoms in total. The Bertz CT molecular complexity index is 1640. The number of rotatable bonds is 5. The minimum atomic E-state index is -1.27. The van der Waals surface area contributed by atoms with Crippen LogP contribution in [-0.2, 0) is 6.61 Å². The molecule has 0 spiro atoms. The molecule has 1 aliphatic heterocycles. The van der Waals surface area contributed by atoms with Gasteiger partial charge in [0, 0.05) is 15.8 Å². The number of aryl methyl sites for hydroxylation is 2. The van der Waals surface area contributed by atoms with E-state index in [4.69, 9.17) is 19.2 Å². The molecule has 0 fully saturated rings. The maximum absolute atomic E-state index is 12.3. The van der Waals surface area contributed by atoms with Crippen molar-refractivity contribution in [2.75, 3.05) is 6.79 Å². The number of aromatic nitrogens is 1. The predicted octanol–water partition coefficient (Wildman–Crippen LogP) is 2.41. The van der Waals surface area contributed by atoms with Crippen LogP contribution in [0.25, 0.3) is 31.6 Å². The summed E-state index contributed by atoms with van der Waals surface area (Å²) < 4.78 is 18.3. The molecule has 174 valence electrons. The van der Waals surface area contributed by atoms with E-state index in [2.05, 4.69) is 12.1 Å². The van der Waals surface area contributed by atoms with Crippen LogP contribution in [0.2, 0.25) is 0 Å². The monoisotopic (exact) mass is 505 g/mol. The SMILES string of the molecule is Cc1c(-c2cc(C(=O)[O-])c3c(OCc4cccc5c4OCO5)ccc(C)c3n2)sc2ccccc12.[Na+]. The van der Waals surface area contributed by atoms with E-state index >= 15 is 0 Å². The average Bonchev–Trinajstić information content (AvgIpc) is 3.48. The quantitative estimate of drug-likeness (QED) is 0.342. The van der Waals surface area contributed by atoms with Crippen LogP contribution in [0.15, 0.2) is 60.7 Å². The topological polar surface area (TPSA) is 80.7 Å². The van der Waals surface area contributed by atoms with E-state index in [-0.39, 0.29) is 48.5 Å². The van der Waals surface area contributed by atoms with E-state index in [1.807, 2.05) is 50.2 Å². The molecule has 0 N–H and O–H groups in total. The summed E-state index contributed by atoms with van der Waals surface area (Å²) in [6.45, 7) is 4.30. The first-order chi connectivity index (χ1) is 17.0. The number of ether oxygens (including phenoxy) is 3. The first-order valence-electron chi connectivity index (χ1n) is 11.2. The number of pyridine rings is 1. The molecule has 6 rings (SSSR count). The third-order valence-corrected chi connectivity index (χ3v) is 7.58. The number of fused-ring (bicyclic) bond motifs is 3. The van der Waals surface area contributed by atoms with Crippen LogP contribution in [0.3, 0.4) is 0 Å². The molecule has 0 bridgehead atoms. The summed E-state index contributed by atoms with van der Waals surface area (Å²) >= 11 is 1.60. The number of benzene rings is 3. The first-order valence-corrected chi connectivity index (χ1v) is 12.0. The van der Waals surface area contributed by atoms with Crippen LogP contribution in [0.1, 0.15) is 27.0 Å². The molecule has 3 heterocycles. The van der Waals surface area contributed by atoms with Crippen molar-refractivity contribution in [1.82, 2.24) is 4.98 Å². The van der Waals surface area contributed by atoms with Crippen molar-refractivity contribution in [1.29, 1.82) is 0 Å². The molecular weight excluding hydrogens is 485 g/mol. The van der Waals surface area contributed by atoms with Crippen LogP contribution in [0.4, 0.5) is 0 Å². The number of aromatic carboxylic acids is 1. The van der Waals surface area contributed by atoms with Crippen LogP contribution >= 0.6 is 11.3 Å². The molecule has 3 aromatic carbocycles. The molecule has 8 heteroatoms. The van der Waals surface area contributed by atoms with E-state index in [0.29, 0.717) is 33.8 Å². The largest absolute Gasteiger partial charge is 1.00 e. The van der Waals surface area contributed by atoms with Gasteiger partial charge in [-0.15, -0.1) is 11.3 Å². The van der Waals surface area contributed by atoms with Gasteiger partial charge in [0.1, 0.15) is 12.4 Å². The van der Waals surface area contributed by atoms with Gasteiger partial charge in [0.2, 0.25) is 6.79 Å². The third-order valence-electron chi connectivity index (χ3n) is 6.28. The van der Waals surface area contributed by atoms with Gasteiger partial charge < -0.3 is 24.1 Å². The Morgan fingerprint density at radius 2 is 1.92 bits per heavy atom. The Morgan fingerprint density at radius 3 is 2.72 bits per heavy atom. The summed E-state index contributed by atoms with van der Waals surface area (Å²) in [5, 5.41) is 13.9. The zero-order valence-electron chi connectivity index (χ0n) is 20.1. The van der Waals surface area contributed by atoms with Crippen molar-refractivity contribution in [3.05, 3.63) is 82.9 Å². The van der Waals surface area contributed by atoms with Crippen molar-refractivity contribution in [3.8, 4) is 27.8 Å². The number of carbonyl (C=O) groups is 1. The summed E-state index contributed by atoms with van der Waals surface area (Å²) in [7, 11) is 0. The normalized spacial score (nSPS) is 12.1. The minimum Gasteiger partial charge on any atom is -0.545 e. The summed E-state index contributed by atoms with van der Waals surface area (Å²) in [5.41, 5.74) is 3.99. The molecule has 0 saturated carbocycles. The van der Waals surface area contributed by atoms with Gasteiger partial charge >= 0.3 is 29.6 Å². The Kier molecular flexibility index (Phi) is 6.66. The molecule has 0 saturated heterocycles. The third kappa shape index (κ3) is 4.12. The summed E-state index contributed by atoms with van der Waals surface area (Å²) in [6.07, 6.45) is 0. The second kappa shape index (κ2) is 9.75. The van der Waals surface area contributed by atoms with E-state index in [1.54, 1.807) is 23.5 Å². The van der Waals surface area contributed by atoms with Crippen LogP contribution in [0.5, 0.6) is 17.2 Å². The molecule has 0 radical (unpaired) electrons. The van der Waals surface area contributed by atoms with Crippen LogP contribution < -0.4 is 48.9 Å². The Labute approximate surface area is 233 Å². The van der Waals surface area contributed by atoms with Gasteiger partial charge in [-0.2, -0.15) is 0 Å². The standard InChI is InChI=1S/C28H21NO5S.Na/c1-15-10-11-21(32-13-17-6-5-8-22-26(17)34-14-33-22)24-19(28(30)31)12-20(29-25(15)24)27-16(2)18-7-3-4-9-23(18)35-27;/h3-12H,13-14H2,1-2H3,(H,30,31);/q;+1/p-1. The number of hydrogen-bond donors (Lipinski definition) is 0. The van der Waals surface area contributed by atoms with Crippen molar-refractivity contribution < 1.29 is 53.7 Å². The number of nitrogens with zero attached hydrogens (tertiary/aromatic N) is 1. The van der Waals surface area contributed by atoms with E-state index in [1.165, 1.54) is 0 Å². The summed E-state index contributed by atoms with van der Waals surface area (Å²) in [4.78, 5) is 18.2. The second-order valence-electron chi connectivity index (χ2n) is 8.44. The predicted molar refractivity (Wildman–Crippen MR) is 133 cm³/mol. The first kappa shape index (κ1) is 24.6. The van der Waals surface area contributed by atoms with Gasteiger partial charge in [-0.1, -0.05) is 36.4 Å². The molecule has 36 heavy (non-hydrogen) atoms. The molecular formula is C28H20NNaO5S. The number of carboxylic acids is 1. The molecule has 5 aromatic rings. The molecule has 0 atom stereocenters. The average molecular weight is 506 g/mol. The van der Waals surface area contributed by atoms with Gasteiger partial charge in [0.25, 0.3) is 0 Å². The number of para-hydroxylation sites is 1. The summed E-state index contributed by atoms with van der Waals surface area (Å²) in [6, 6.07) is 19.0. The smallest absolute Gasteiger partial charge is 0.545 e. The molecule has 2 aromatic heterocycles. The number of carbonyl (C=O) groups excluding carboxylic acids is 1. The number of carboxylic acid groups (broad SMARTS) is 1. The van der Waals surface area contributed by atoms with E-state index in [9.17, 15) is 9.90 Å². The maximum Gasteiger partial charge on any atom is 1.00 e. The minimum absolute atomic E-state index is 0. The Balaban J connectivity index is 0.00000267. The molecule has 0 unspecified atom stereocenters. The van der Waals surface area contributed by atoms with Gasteiger partial charge in [-0.3, -0.25) is 0 Å². The van der Waals surface area contributed by atoms with Gasteiger partial charge in [0.05, 0.1) is 27.4 Å². The zero-order chi connectivity index (χ0) is 24.1. The number of hydrogen-bond acceptors (Lipinski definition) is 7. The van der Waals surface area contributed by atoms with Crippen LogP contribution in [0, 0.1) is 13.8 Å². The summed E-state index contributed by atoms with van der Waals surface area (Å²) in [5.74, 6) is 0.462. The van der Waals surface area contributed by atoms with Crippen molar-refractivity contribution in [2.45, 2.75) is 20.5 Å².